The van der Waals surface area contributed by atoms with Gasteiger partial charge in [0.2, 0.25) is 0 Å². The van der Waals surface area contributed by atoms with Gasteiger partial charge < -0.3 is 19.5 Å². The van der Waals surface area contributed by atoms with E-state index in [0.29, 0.717) is 18.6 Å². The summed E-state index contributed by atoms with van der Waals surface area (Å²) in [5, 5.41) is 4.22. The third kappa shape index (κ3) is 5.50. The molecule has 2 aromatic rings. The first kappa shape index (κ1) is 20.2. The molecule has 1 N–H and O–H groups in total. The topological polar surface area (TPSA) is 31.6 Å². The molecule has 1 aromatic heterocycles. The predicted octanol–water partition coefficient (Wildman–Crippen LogP) is 5.07. The number of likely N-dealkylation sites (tertiary alicyclic amines) is 1. The van der Waals surface area contributed by atoms with Gasteiger partial charge in [-0.3, -0.25) is 0 Å². The SMILES string of the molecule is CSc1cccc(NC(=S)N(Cc2ccco2)C2CCN(C(C)C)CC2)c1. The lowest BCUT2D eigenvalue weighted by Gasteiger charge is -2.40. The molecule has 0 bridgehead atoms. The Kier molecular flexibility index (Phi) is 7.21. The molecule has 0 aliphatic carbocycles. The Balaban J connectivity index is 1.72. The van der Waals surface area contributed by atoms with Crippen molar-refractivity contribution in [2.24, 2.45) is 0 Å². The number of furan rings is 1. The zero-order valence-corrected chi connectivity index (χ0v) is 18.0. The van der Waals surface area contributed by atoms with Crippen molar-refractivity contribution in [2.45, 2.75) is 50.2 Å². The van der Waals surface area contributed by atoms with Gasteiger partial charge in [0.15, 0.2) is 5.11 Å². The van der Waals surface area contributed by atoms with Crippen LogP contribution in [-0.4, -0.2) is 46.3 Å². The van der Waals surface area contributed by atoms with Crippen LogP contribution in [0.5, 0.6) is 0 Å². The first-order valence-electron chi connectivity index (χ1n) is 9.55. The molecule has 1 aliphatic heterocycles. The number of benzene rings is 1. The van der Waals surface area contributed by atoms with E-state index in [0.717, 1.165) is 42.5 Å². The maximum atomic E-state index is 5.82. The molecule has 0 atom stereocenters. The molecular weight excluding hydrogens is 374 g/mol. The van der Waals surface area contributed by atoms with Crippen LogP contribution in [0.3, 0.4) is 0 Å². The summed E-state index contributed by atoms with van der Waals surface area (Å²) in [7, 11) is 0. The third-order valence-corrected chi connectivity index (χ3v) is 6.22. The van der Waals surface area contributed by atoms with Crippen LogP contribution >= 0.6 is 24.0 Å². The van der Waals surface area contributed by atoms with Gasteiger partial charge in [-0.05, 0) is 75.5 Å². The van der Waals surface area contributed by atoms with E-state index in [1.54, 1.807) is 18.0 Å². The fraction of sp³-hybridized carbons (Fsp3) is 0.476. The smallest absolute Gasteiger partial charge is 0.174 e. The van der Waals surface area contributed by atoms with Crippen molar-refractivity contribution in [1.82, 2.24) is 9.80 Å². The fourth-order valence-electron chi connectivity index (χ4n) is 3.55. The van der Waals surface area contributed by atoms with Crippen molar-refractivity contribution in [1.29, 1.82) is 0 Å². The van der Waals surface area contributed by atoms with Gasteiger partial charge in [-0.15, -0.1) is 11.8 Å². The molecule has 0 radical (unpaired) electrons. The third-order valence-electron chi connectivity index (χ3n) is 5.16. The molecule has 4 nitrogen and oxygen atoms in total. The van der Waals surface area contributed by atoms with Gasteiger partial charge >= 0.3 is 0 Å². The summed E-state index contributed by atoms with van der Waals surface area (Å²) in [5.41, 5.74) is 1.04. The Hall–Kier alpha value is -1.50. The van der Waals surface area contributed by atoms with Crippen molar-refractivity contribution in [3.63, 3.8) is 0 Å². The highest BCUT2D eigenvalue weighted by Crippen LogP contribution is 2.23. The maximum absolute atomic E-state index is 5.82. The van der Waals surface area contributed by atoms with E-state index in [9.17, 15) is 0 Å². The second-order valence-corrected chi connectivity index (χ2v) is 8.50. The predicted molar refractivity (Wildman–Crippen MR) is 118 cm³/mol. The number of rotatable bonds is 6. The van der Waals surface area contributed by atoms with Crippen molar-refractivity contribution >= 4 is 34.8 Å². The molecular formula is C21H29N3OS2. The summed E-state index contributed by atoms with van der Waals surface area (Å²) >= 11 is 7.56. The van der Waals surface area contributed by atoms with Crippen molar-refractivity contribution in [3.8, 4) is 0 Å². The van der Waals surface area contributed by atoms with Gasteiger partial charge in [0.25, 0.3) is 0 Å². The fourth-order valence-corrected chi connectivity index (χ4v) is 4.34. The van der Waals surface area contributed by atoms with Crippen LogP contribution in [0.1, 0.15) is 32.4 Å². The standard InChI is InChI=1S/C21H29N3OS2/c1-16(2)23-11-9-18(10-12-23)24(15-19-7-5-13-25-19)21(26)22-17-6-4-8-20(14-17)27-3/h4-8,13-14,16,18H,9-12,15H2,1-3H3,(H,22,26). The molecule has 3 rings (SSSR count). The molecule has 0 unspecified atom stereocenters. The summed E-state index contributed by atoms with van der Waals surface area (Å²) in [5.74, 6) is 0.948. The van der Waals surface area contributed by atoms with Crippen LogP contribution in [0, 0.1) is 0 Å². The highest BCUT2D eigenvalue weighted by Gasteiger charge is 2.28. The van der Waals surface area contributed by atoms with Gasteiger partial charge in [-0.2, -0.15) is 0 Å². The highest BCUT2D eigenvalue weighted by molar-refractivity contribution is 7.98. The van der Waals surface area contributed by atoms with Gasteiger partial charge in [-0.25, -0.2) is 0 Å². The minimum Gasteiger partial charge on any atom is -0.467 e. The Bertz CT molecular complexity index is 725. The van der Waals surface area contributed by atoms with Gasteiger partial charge in [0.1, 0.15) is 5.76 Å². The largest absolute Gasteiger partial charge is 0.467 e. The number of anilines is 1. The number of thioether (sulfide) groups is 1. The molecule has 1 aromatic carbocycles. The average Bonchev–Trinajstić information content (AvgIpc) is 3.19. The lowest BCUT2D eigenvalue weighted by Crippen LogP contribution is -2.49. The Labute approximate surface area is 172 Å². The van der Waals surface area contributed by atoms with E-state index in [-0.39, 0.29) is 0 Å². The molecule has 0 saturated carbocycles. The van der Waals surface area contributed by atoms with E-state index in [2.05, 4.69) is 59.5 Å². The molecule has 146 valence electrons. The van der Waals surface area contributed by atoms with Crippen LogP contribution in [0.4, 0.5) is 5.69 Å². The summed E-state index contributed by atoms with van der Waals surface area (Å²) in [6, 6.07) is 13.4. The van der Waals surface area contributed by atoms with E-state index >= 15 is 0 Å². The minimum atomic E-state index is 0.425. The molecule has 2 heterocycles. The van der Waals surface area contributed by atoms with Gasteiger partial charge in [-0.1, -0.05) is 6.07 Å². The Morgan fingerprint density at radius 1 is 1.30 bits per heavy atom. The monoisotopic (exact) mass is 403 g/mol. The second kappa shape index (κ2) is 9.62. The van der Waals surface area contributed by atoms with Crippen LogP contribution in [0.15, 0.2) is 52.0 Å². The summed E-state index contributed by atoms with van der Waals surface area (Å²) in [4.78, 5) is 6.07. The second-order valence-electron chi connectivity index (χ2n) is 7.23. The summed E-state index contributed by atoms with van der Waals surface area (Å²) < 4.78 is 5.61. The summed E-state index contributed by atoms with van der Waals surface area (Å²) in [6.07, 6.45) is 6.05. The maximum Gasteiger partial charge on any atom is 0.174 e. The number of hydrogen-bond acceptors (Lipinski definition) is 4. The van der Waals surface area contributed by atoms with Crippen LogP contribution in [0.2, 0.25) is 0 Å². The van der Waals surface area contributed by atoms with Crippen LogP contribution < -0.4 is 5.32 Å². The molecule has 0 spiro atoms. The van der Waals surface area contributed by atoms with Crippen molar-refractivity contribution in [2.75, 3.05) is 24.7 Å². The van der Waals surface area contributed by atoms with Gasteiger partial charge in [0.05, 0.1) is 12.8 Å². The number of hydrogen-bond donors (Lipinski definition) is 1. The van der Waals surface area contributed by atoms with Crippen LogP contribution in [-0.2, 0) is 6.54 Å². The molecule has 0 amide bonds. The quantitative estimate of drug-likeness (QED) is 0.535. The zero-order valence-electron chi connectivity index (χ0n) is 16.4. The van der Waals surface area contributed by atoms with Crippen LogP contribution in [0.25, 0.3) is 0 Å². The van der Waals surface area contributed by atoms with Crippen molar-refractivity contribution < 1.29 is 4.42 Å². The van der Waals surface area contributed by atoms with E-state index < -0.39 is 0 Å². The molecule has 1 fully saturated rings. The molecule has 27 heavy (non-hydrogen) atoms. The highest BCUT2D eigenvalue weighted by atomic mass is 32.2. The number of nitrogens with zero attached hydrogens (tertiary/aromatic N) is 2. The number of thiocarbonyl (C=S) groups is 1. The zero-order chi connectivity index (χ0) is 19.2. The number of nitrogens with one attached hydrogen (secondary N) is 1. The lowest BCUT2D eigenvalue weighted by molar-refractivity contribution is 0.123. The number of piperidine rings is 1. The first-order chi connectivity index (χ1) is 13.1. The van der Waals surface area contributed by atoms with E-state index in [1.165, 1.54) is 4.90 Å². The Morgan fingerprint density at radius 2 is 2.07 bits per heavy atom. The first-order valence-corrected chi connectivity index (χ1v) is 11.2. The van der Waals surface area contributed by atoms with Crippen molar-refractivity contribution in [3.05, 3.63) is 48.4 Å². The normalized spacial score (nSPS) is 15.9. The molecule has 1 saturated heterocycles. The molecule has 1 aliphatic rings. The van der Waals surface area contributed by atoms with E-state index in [1.807, 2.05) is 12.1 Å². The van der Waals surface area contributed by atoms with E-state index in [4.69, 9.17) is 16.6 Å². The minimum absolute atomic E-state index is 0.425. The van der Waals surface area contributed by atoms with Gasteiger partial charge in [0, 0.05) is 35.8 Å². The summed E-state index contributed by atoms with van der Waals surface area (Å²) in [6.45, 7) is 7.47. The molecule has 6 heteroatoms. The average molecular weight is 404 g/mol. The lowest BCUT2D eigenvalue weighted by atomic mass is 10.0. The Morgan fingerprint density at radius 3 is 2.70 bits per heavy atom.